The first-order valence-corrected chi connectivity index (χ1v) is 4.50. The zero-order valence-corrected chi connectivity index (χ0v) is 8.67. The summed E-state index contributed by atoms with van der Waals surface area (Å²) in [5.41, 5.74) is -0.680. The summed E-state index contributed by atoms with van der Waals surface area (Å²) in [6.45, 7) is 3.16. The first-order chi connectivity index (χ1) is 6.95. The molecular formula is C7H14N2O6. The molecule has 0 aliphatic rings. The second-order valence-corrected chi connectivity index (χ2v) is 3.20. The Balaban J connectivity index is 4.29. The van der Waals surface area contributed by atoms with Gasteiger partial charge in [0.15, 0.2) is 0 Å². The third kappa shape index (κ3) is 4.99. The lowest BCUT2D eigenvalue weighted by Gasteiger charge is -2.28. The van der Waals surface area contributed by atoms with E-state index >= 15 is 0 Å². The molecular weight excluding hydrogens is 208 g/mol. The van der Waals surface area contributed by atoms with Crippen LogP contribution in [0.15, 0.2) is 0 Å². The Morgan fingerprint density at radius 3 is 1.53 bits per heavy atom. The molecule has 0 spiro atoms. The van der Waals surface area contributed by atoms with Gasteiger partial charge >= 0.3 is 0 Å². The molecule has 0 N–H and O–H groups in total. The van der Waals surface area contributed by atoms with Gasteiger partial charge in [-0.1, -0.05) is 13.8 Å². The Morgan fingerprint density at radius 2 is 1.33 bits per heavy atom. The molecule has 0 aliphatic heterocycles. The second kappa shape index (κ2) is 5.99. The highest BCUT2D eigenvalue weighted by atomic mass is 17.0. The second-order valence-electron chi connectivity index (χ2n) is 3.20. The summed E-state index contributed by atoms with van der Waals surface area (Å²) < 4.78 is 0. The molecule has 0 saturated carbocycles. The van der Waals surface area contributed by atoms with Gasteiger partial charge in [0.25, 0.3) is 10.2 Å². The molecule has 0 aromatic rings. The van der Waals surface area contributed by atoms with Crippen LogP contribution in [0, 0.1) is 25.6 Å². The molecule has 0 fully saturated rings. The molecule has 0 rings (SSSR count). The molecule has 0 bridgehead atoms. The highest BCUT2D eigenvalue weighted by Gasteiger charge is 2.29. The molecule has 0 aromatic heterocycles. The van der Waals surface area contributed by atoms with Crippen LogP contribution in [0.2, 0.25) is 0 Å². The lowest BCUT2D eigenvalue weighted by molar-refractivity contribution is -0.772. The van der Waals surface area contributed by atoms with Gasteiger partial charge in [-0.05, 0) is 12.8 Å². The highest BCUT2D eigenvalue weighted by molar-refractivity contribution is 4.74. The van der Waals surface area contributed by atoms with Gasteiger partial charge in [0.05, 0.1) is 0 Å². The van der Waals surface area contributed by atoms with Crippen molar-refractivity contribution in [3.63, 3.8) is 0 Å². The van der Waals surface area contributed by atoms with Gasteiger partial charge in [0.1, 0.15) is 13.2 Å². The van der Waals surface area contributed by atoms with Crippen LogP contribution >= 0.6 is 0 Å². The van der Waals surface area contributed by atoms with E-state index in [-0.39, 0.29) is 13.2 Å². The standard InChI is InChI=1S/C7H14N2O6/c1-3-7(4-2,5-14-8(10)11)6-15-9(12)13/h3-6H2,1-2H3. The number of rotatable bonds is 8. The Morgan fingerprint density at radius 1 is 1.00 bits per heavy atom. The Labute approximate surface area is 86.4 Å². The molecule has 0 unspecified atom stereocenters. The molecule has 88 valence electrons. The molecule has 0 heterocycles. The molecule has 0 saturated heterocycles. The number of nitrogens with zero attached hydrogens (tertiary/aromatic N) is 2. The lowest BCUT2D eigenvalue weighted by Crippen LogP contribution is -2.33. The van der Waals surface area contributed by atoms with Crippen LogP contribution in [-0.2, 0) is 9.68 Å². The fraction of sp³-hybridized carbons (Fsp3) is 1.00. The van der Waals surface area contributed by atoms with Crippen molar-refractivity contribution in [2.24, 2.45) is 5.41 Å². The average Bonchev–Trinajstić information content (AvgIpc) is 2.19. The zero-order valence-electron chi connectivity index (χ0n) is 8.67. The van der Waals surface area contributed by atoms with E-state index in [1.807, 2.05) is 0 Å². The minimum absolute atomic E-state index is 0.194. The van der Waals surface area contributed by atoms with Crippen LogP contribution in [0.25, 0.3) is 0 Å². The van der Waals surface area contributed by atoms with Crippen LogP contribution in [-0.4, -0.2) is 23.4 Å². The highest BCUT2D eigenvalue weighted by Crippen LogP contribution is 2.27. The maximum atomic E-state index is 10.0. The van der Waals surface area contributed by atoms with Gasteiger partial charge < -0.3 is 9.68 Å². The summed E-state index contributed by atoms with van der Waals surface area (Å²) >= 11 is 0. The Hall–Kier alpha value is -1.60. The molecule has 0 radical (unpaired) electrons. The van der Waals surface area contributed by atoms with Crippen LogP contribution in [0.4, 0.5) is 0 Å². The van der Waals surface area contributed by atoms with Gasteiger partial charge in [0, 0.05) is 5.41 Å². The minimum atomic E-state index is -0.910. The third-order valence-corrected chi connectivity index (χ3v) is 2.45. The fourth-order valence-electron chi connectivity index (χ4n) is 1.08. The van der Waals surface area contributed by atoms with Gasteiger partial charge in [-0.2, -0.15) is 0 Å². The van der Waals surface area contributed by atoms with E-state index in [1.165, 1.54) is 0 Å². The summed E-state index contributed by atoms with van der Waals surface area (Å²) in [5.74, 6) is 0. The molecule has 0 amide bonds. The predicted molar refractivity (Wildman–Crippen MR) is 48.9 cm³/mol. The molecule has 0 aromatic carbocycles. The topological polar surface area (TPSA) is 105 Å². The van der Waals surface area contributed by atoms with Gasteiger partial charge in [-0.15, -0.1) is 20.2 Å². The maximum Gasteiger partial charge on any atom is 0.294 e. The lowest BCUT2D eigenvalue weighted by atomic mass is 9.84. The summed E-state index contributed by atoms with van der Waals surface area (Å²) in [5, 5.41) is 18.2. The van der Waals surface area contributed by atoms with Gasteiger partial charge in [0.2, 0.25) is 0 Å². The first-order valence-electron chi connectivity index (χ1n) is 4.50. The van der Waals surface area contributed by atoms with Crippen molar-refractivity contribution < 1.29 is 19.8 Å². The molecule has 8 heteroatoms. The van der Waals surface area contributed by atoms with Crippen molar-refractivity contribution in [3.8, 4) is 0 Å². The Bertz CT molecular complexity index is 208. The van der Waals surface area contributed by atoms with E-state index in [9.17, 15) is 20.2 Å². The van der Waals surface area contributed by atoms with Gasteiger partial charge in [-0.3, -0.25) is 0 Å². The Kier molecular flexibility index (Phi) is 5.35. The van der Waals surface area contributed by atoms with Crippen LogP contribution in [0.1, 0.15) is 26.7 Å². The van der Waals surface area contributed by atoms with Crippen molar-refractivity contribution in [2.45, 2.75) is 26.7 Å². The van der Waals surface area contributed by atoms with Crippen molar-refractivity contribution in [1.82, 2.24) is 0 Å². The number of hydrogen-bond acceptors (Lipinski definition) is 6. The van der Waals surface area contributed by atoms with E-state index in [0.29, 0.717) is 12.8 Å². The van der Waals surface area contributed by atoms with Crippen molar-refractivity contribution >= 4 is 0 Å². The first kappa shape index (κ1) is 13.4. The van der Waals surface area contributed by atoms with Crippen LogP contribution < -0.4 is 0 Å². The van der Waals surface area contributed by atoms with Crippen molar-refractivity contribution in [3.05, 3.63) is 20.2 Å². The summed E-state index contributed by atoms with van der Waals surface area (Å²) in [4.78, 5) is 28.5. The normalized spacial score (nSPS) is 10.8. The van der Waals surface area contributed by atoms with Crippen LogP contribution in [0.3, 0.4) is 0 Å². The third-order valence-electron chi connectivity index (χ3n) is 2.45. The summed E-state index contributed by atoms with van der Waals surface area (Å²) in [6, 6.07) is 0. The summed E-state index contributed by atoms with van der Waals surface area (Å²) in [7, 11) is 0. The van der Waals surface area contributed by atoms with E-state index in [2.05, 4.69) is 9.68 Å². The maximum absolute atomic E-state index is 10.0. The monoisotopic (exact) mass is 222 g/mol. The molecule has 8 nitrogen and oxygen atoms in total. The SMILES string of the molecule is CCC(CC)(CO[N+](=O)[O-])CO[N+](=O)[O-]. The zero-order chi connectivity index (χ0) is 11.9. The molecule has 15 heavy (non-hydrogen) atoms. The molecule has 0 aliphatic carbocycles. The average molecular weight is 222 g/mol. The fourth-order valence-corrected chi connectivity index (χ4v) is 1.08. The van der Waals surface area contributed by atoms with E-state index in [4.69, 9.17) is 0 Å². The predicted octanol–water partition coefficient (Wildman–Crippen LogP) is 1.21. The largest absolute Gasteiger partial charge is 0.313 e. The van der Waals surface area contributed by atoms with Gasteiger partial charge in [-0.25, -0.2) is 0 Å². The summed E-state index contributed by atoms with van der Waals surface area (Å²) in [6.07, 6.45) is 1.01. The van der Waals surface area contributed by atoms with Crippen LogP contribution in [0.5, 0.6) is 0 Å². The molecule has 0 atom stereocenters. The quantitative estimate of drug-likeness (QED) is 0.451. The van der Waals surface area contributed by atoms with E-state index in [1.54, 1.807) is 13.8 Å². The van der Waals surface area contributed by atoms with Crippen molar-refractivity contribution in [2.75, 3.05) is 13.2 Å². The number of hydrogen-bond donors (Lipinski definition) is 0. The minimum Gasteiger partial charge on any atom is -0.313 e. The van der Waals surface area contributed by atoms with Crippen molar-refractivity contribution in [1.29, 1.82) is 0 Å². The van der Waals surface area contributed by atoms with E-state index in [0.717, 1.165) is 0 Å². The van der Waals surface area contributed by atoms with E-state index < -0.39 is 15.6 Å². The smallest absolute Gasteiger partial charge is 0.294 e.